The average Bonchev–Trinajstić information content (AvgIpc) is 2.72. The fraction of sp³-hybridized carbons (Fsp3) is 0.136. The monoisotopic (exact) mass is 426 g/mol. The van der Waals surface area contributed by atoms with E-state index < -0.39 is 10.0 Å². The van der Waals surface area contributed by atoms with Gasteiger partial charge in [0, 0.05) is 11.4 Å². The third kappa shape index (κ3) is 5.51. The molecule has 156 valence electrons. The molecule has 0 heterocycles. The summed E-state index contributed by atoms with van der Waals surface area (Å²) in [4.78, 5) is 12.2. The summed E-state index contributed by atoms with van der Waals surface area (Å²) < 4.78 is 38.3. The summed E-state index contributed by atoms with van der Waals surface area (Å²) in [7, 11) is -2.21. The molecule has 1 amide bonds. The van der Waals surface area contributed by atoms with Crippen LogP contribution in [0.1, 0.15) is 5.56 Å². The van der Waals surface area contributed by atoms with Crippen molar-refractivity contribution in [2.24, 2.45) is 0 Å². The predicted molar refractivity (Wildman–Crippen MR) is 116 cm³/mol. The third-order valence-corrected chi connectivity index (χ3v) is 5.54. The Morgan fingerprint density at radius 2 is 1.60 bits per heavy atom. The minimum absolute atomic E-state index is 0.0901. The van der Waals surface area contributed by atoms with E-state index in [0.717, 1.165) is 5.56 Å². The highest BCUT2D eigenvalue weighted by Crippen LogP contribution is 2.25. The number of rotatable bonds is 8. The Labute approximate surface area is 175 Å². The maximum absolute atomic E-state index is 12.5. The number of carbonyl (C=O) groups excluding carboxylic acids is 1. The van der Waals surface area contributed by atoms with Crippen molar-refractivity contribution in [3.05, 3.63) is 78.4 Å². The first-order chi connectivity index (χ1) is 14.4. The normalized spacial score (nSPS) is 10.9. The van der Waals surface area contributed by atoms with E-state index in [1.807, 2.05) is 13.0 Å². The largest absolute Gasteiger partial charge is 0.493 e. The minimum Gasteiger partial charge on any atom is -0.493 e. The predicted octanol–water partition coefficient (Wildman–Crippen LogP) is 3.82. The Balaban J connectivity index is 1.60. The summed E-state index contributed by atoms with van der Waals surface area (Å²) in [6.45, 7) is 1.67. The number of nitrogens with one attached hydrogen (secondary N) is 2. The maximum Gasteiger partial charge on any atom is 0.262 e. The molecule has 0 unspecified atom stereocenters. The first-order valence-corrected chi connectivity index (χ1v) is 10.6. The van der Waals surface area contributed by atoms with Gasteiger partial charge in [0.25, 0.3) is 15.9 Å². The number of sulfonamides is 1. The maximum atomic E-state index is 12.5. The zero-order chi connectivity index (χ0) is 21.6. The van der Waals surface area contributed by atoms with E-state index in [2.05, 4.69) is 10.0 Å². The number of hydrogen-bond acceptors (Lipinski definition) is 5. The highest BCUT2D eigenvalue weighted by atomic mass is 32.2. The van der Waals surface area contributed by atoms with Crippen LogP contribution in [0.25, 0.3) is 0 Å². The highest BCUT2D eigenvalue weighted by molar-refractivity contribution is 7.92. The second-order valence-corrected chi connectivity index (χ2v) is 8.17. The van der Waals surface area contributed by atoms with Crippen molar-refractivity contribution in [3.8, 4) is 11.5 Å². The van der Waals surface area contributed by atoms with E-state index in [0.29, 0.717) is 22.9 Å². The Bertz CT molecular complexity index is 1130. The van der Waals surface area contributed by atoms with Crippen molar-refractivity contribution in [2.75, 3.05) is 23.8 Å². The SMILES string of the molecule is COc1ccccc1OCC(=O)Nc1ccc(S(=O)(=O)Nc2cccc(C)c2)cc1. The summed E-state index contributed by atoms with van der Waals surface area (Å²) in [5.41, 5.74) is 1.89. The van der Waals surface area contributed by atoms with E-state index in [4.69, 9.17) is 9.47 Å². The second kappa shape index (κ2) is 9.32. The van der Waals surface area contributed by atoms with Crippen LogP contribution < -0.4 is 19.5 Å². The van der Waals surface area contributed by atoms with Gasteiger partial charge in [-0.15, -0.1) is 0 Å². The third-order valence-electron chi connectivity index (χ3n) is 4.15. The molecule has 0 fully saturated rings. The molecule has 30 heavy (non-hydrogen) atoms. The molecule has 2 N–H and O–H groups in total. The molecule has 0 aromatic heterocycles. The number of anilines is 2. The molecule has 3 rings (SSSR count). The van der Waals surface area contributed by atoms with Gasteiger partial charge >= 0.3 is 0 Å². The molecule has 8 heteroatoms. The van der Waals surface area contributed by atoms with Crippen LogP contribution in [0.15, 0.2) is 77.7 Å². The van der Waals surface area contributed by atoms with Crippen LogP contribution in [0.4, 0.5) is 11.4 Å². The topological polar surface area (TPSA) is 93.7 Å². The fourth-order valence-electron chi connectivity index (χ4n) is 2.72. The van der Waals surface area contributed by atoms with E-state index in [1.54, 1.807) is 42.5 Å². The molecule has 0 atom stereocenters. The van der Waals surface area contributed by atoms with Gasteiger partial charge in [0.1, 0.15) is 0 Å². The average molecular weight is 426 g/mol. The van der Waals surface area contributed by atoms with Crippen molar-refractivity contribution in [2.45, 2.75) is 11.8 Å². The molecule has 0 saturated carbocycles. The van der Waals surface area contributed by atoms with Gasteiger partial charge < -0.3 is 14.8 Å². The van der Waals surface area contributed by atoms with Gasteiger partial charge in [0.05, 0.1) is 12.0 Å². The molecule has 7 nitrogen and oxygen atoms in total. The number of para-hydroxylation sites is 2. The molecular weight excluding hydrogens is 404 g/mol. The summed E-state index contributed by atoms with van der Waals surface area (Å²) in [6.07, 6.45) is 0. The molecule has 3 aromatic rings. The van der Waals surface area contributed by atoms with Gasteiger partial charge in [-0.3, -0.25) is 9.52 Å². The number of hydrogen-bond donors (Lipinski definition) is 2. The lowest BCUT2D eigenvalue weighted by Crippen LogP contribution is -2.20. The Kier molecular flexibility index (Phi) is 6.58. The van der Waals surface area contributed by atoms with Gasteiger partial charge in [-0.05, 0) is 61.0 Å². The molecular formula is C22H22N2O5S. The standard InChI is InChI=1S/C22H22N2O5S/c1-16-6-5-7-18(14-16)24-30(26,27)19-12-10-17(11-13-19)23-22(25)15-29-21-9-4-3-8-20(21)28-2/h3-14,24H,15H2,1-2H3,(H,23,25). The van der Waals surface area contributed by atoms with Crippen LogP contribution in [0, 0.1) is 6.92 Å². The summed E-state index contributed by atoms with van der Waals surface area (Å²) in [6, 6.07) is 20.0. The zero-order valence-electron chi connectivity index (χ0n) is 16.6. The van der Waals surface area contributed by atoms with Gasteiger partial charge in [0.2, 0.25) is 0 Å². The lowest BCUT2D eigenvalue weighted by Gasteiger charge is -2.11. The molecule has 0 spiro atoms. The highest BCUT2D eigenvalue weighted by Gasteiger charge is 2.14. The van der Waals surface area contributed by atoms with Crippen LogP contribution in [-0.2, 0) is 14.8 Å². The second-order valence-electron chi connectivity index (χ2n) is 6.49. The molecule has 0 bridgehead atoms. The molecule has 0 aliphatic heterocycles. The number of carbonyl (C=O) groups is 1. The lowest BCUT2D eigenvalue weighted by molar-refractivity contribution is -0.118. The number of amides is 1. The van der Waals surface area contributed by atoms with Crippen molar-refractivity contribution >= 4 is 27.3 Å². The fourth-order valence-corrected chi connectivity index (χ4v) is 3.77. The van der Waals surface area contributed by atoms with E-state index >= 15 is 0 Å². The van der Waals surface area contributed by atoms with Crippen LogP contribution in [0.2, 0.25) is 0 Å². The molecule has 0 aliphatic carbocycles. The smallest absolute Gasteiger partial charge is 0.262 e. The van der Waals surface area contributed by atoms with Gasteiger partial charge in [0.15, 0.2) is 18.1 Å². The molecule has 3 aromatic carbocycles. The van der Waals surface area contributed by atoms with E-state index in [9.17, 15) is 13.2 Å². The molecule has 0 radical (unpaired) electrons. The van der Waals surface area contributed by atoms with E-state index in [-0.39, 0.29) is 17.4 Å². The van der Waals surface area contributed by atoms with Crippen molar-refractivity contribution in [1.29, 1.82) is 0 Å². The van der Waals surface area contributed by atoms with Crippen LogP contribution >= 0.6 is 0 Å². The first kappa shape index (κ1) is 21.2. The van der Waals surface area contributed by atoms with Crippen molar-refractivity contribution < 1.29 is 22.7 Å². The Morgan fingerprint density at radius 3 is 2.27 bits per heavy atom. The summed E-state index contributed by atoms with van der Waals surface area (Å²) in [5, 5.41) is 2.67. The van der Waals surface area contributed by atoms with Gasteiger partial charge in [-0.25, -0.2) is 8.42 Å². The van der Waals surface area contributed by atoms with Crippen LogP contribution in [0.3, 0.4) is 0 Å². The quantitative estimate of drug-likeness (QED) is 0.571. The van der Waals surface area contributed by atoms with E-state index in [1.165, 1.54) is 31.4 Å². The number of ether oxygens (including phenoxy) is 2. The Morgan fingerprint density at radius 1 is 0.900 bits per heavy atom. The van der Waals surface area contributed by atoms with Gasteiger partial charge in [-0.1, -0.05) is 24.3 Å². The summed E-state index contributed by atoms with van der Waals surface area (Å²) >= 11 is 0. The van der Waals surface area contributed by atoms with Gasteiger partial charge in [-0.2, -0.15) is 0 Å². The number of aryl methyl sites for hydroxylation is 1. The minimum atomic E-state index is -3.73. The number of benzene rings is 3. The zero-order valence-corrected chi connectivity index (χ0v) is 17.4. The van der Waals surface area contributed by atoms with Crippen LogP contribution in [-0.4, -0.2) is 28.0 Å². The number of methoxy groups -OCH3 is 1. The molecule has 0 aliphatic rings. The summed E-state index contributed by atoms with van der Waals surface area (Å²) in [5.74, 6) is 0.606. The first-order valence-electron chi connectivity index (χ1n) is 9.12. The Hall–Kier alpha value is -3.52. The van der Waals surface area contributed by atoms with Crippen LogP contribution in [0.5, 0.6) is 11.5 Å². The van der Waals surface area contributed by atoms with Crippen molar-refractivity contribution in [1.82, 2.24) is 0 Å². The lowest BCUT2D eigenvalue weighted by atomic mass is 10.2. The molecule has 0 saturated heterocycles. The van der Waals surface area contributed by atoms with Crippen molar-refractivity contribution in [3.63, 3.8) is 0 Å².